The number of hydrogen-bond acceptors (Lipinski definition) is 4. The second kappa shape index (κ2) is 4.31. The lowest BCUT2D eigenvalue weighted by Gasteiger charge is -2.11. The number of anilines is 1. The molecule has 0 aromatic heterocycles. The second-order valence-corrected chi connectivity index (χ2v) is 4.54. The van der Waals surface area contributed by atoms with Gasteiger partial charge >= 0.3 is 0 Å². The molecule has 0 fully saturated rings. The van der Waals surface area contributed by atoms with Crippen molar-refractivity contribution in [2.24, 2.45) is 0 Å². The summed E-state index contributed by atoms with van der Waals surface area (Å²) in [6.07, 6.45) is 5.06. The molecule has 2 aliphatic heterocycles. The summed E-state index contributed by atoms with van der Waals surface area (Å²) in [4.78, 5) is 12.4. The molecule has 0 saturated heterocycles. The first-order valence-corrected chi connectivity index (χ1v) is 6.29. The van der Waals surface area contributed by atoms with Crippen molar-refractivity contribution >= 4 is 16.5 Å². The average Bonchev–Trinajstić information content (AvgIpc) is 2.95. The van der Waals surface area contributed by atoms with E-state index in [1.54, 1.807) is 11.0 Å². The summed E-state index contributed by atoms with van der Waals surface area (Å²) < 4.78 is 1.78. The molecule has 0 aliphatic carbocycles. The van der Waals surface area contributed by atoms with Gasteiger partial charge in [-0.05, 0) is 22.9 Å². The number of imidazole rings is 1. The van der Waals surface area contributed by atoms with Gasteiger partial charge in [0, 0.05) is 0 Å². The highest BCUT2D eigenvalue weighted by Gasteiger charge is 2.06. The van der Waals surface area contributed by atoms with Crippen molar-refractivity contribution in [1.82, 2.24) is 19.6 Å². The number of rotatable bonds is 2. The first kappa shape index (κ1) is 10.9. The molecule has 5 nitrogen and oxygen atoms in total. The van der Waals surface area contributed by atoms with Crippen LogP contribution in [0.1, 0.15) is 0 Å². The molecular weight excluding hydrogens is 250 g/mol. The fraction of sp³-hybridized carbons (Fsp3) is 0. The Balaban J connectivity index is 1.71. The Morgan fingerprint density at radius 1 is 0.900 bits per heavy atom. The zero-order chi connectivity index (χ0) is 13.4. The van der Waals surface area contributed by atoms with E-state index in [9.17, 15) is 0 Å². The molecule has 5 heteroatoms. The van der Waals surface area contributed by atoms with Crippen molar-refractivity contribution in [2.45, 2.75) is 0 Å². The molecule has 0 unspecified atom stereocenters. The molecule has 2 aromatic rings. The van der Waals surface area contributed by atoms with Crippen molar-refractivity contribution < 1.29 is 0 Å². The van der Waals surface area contributed by atoms with Gasteiger partial charge in [0.15, 0.2) is 5.82 Å². The monoisotopic (exact) mass is 261 g/mol. The Labute approximate surface area is 115 Å². The van der Waals surface area contributed by atoms with Gasteiger partial charge in [-0.15, -0.1) is 0 Å². The molecule has 1 N–H and O–H groups in total. The Morgan fingerprint density at radius 3 is 2.75 bits per heavy atom. The van der Waals surface area contributed by atoms with E-state index in [1.807, 2.05) is 24.4 Å². The van der Waals surface area contributed by atoms with Crippen LogP contribution in [0.15, 0.2) is 61.3 Å². The van der Waals surface area contributed by atoms with E-state index in [1.165, 1.54) is 17.1 Å². The van der Waals surface area contributed by atoms with Crippen molar-refractivity contribution in [3.05, 3.63) is 61.3 Å². The topological polar surface area (TPSA) is 55.6 Å². The van der Waals surface area contributed by atoms with Gasteiger partial charge in [-0.25, -0.2) is 19.6 Å². The summed E-state index contributed by atoms with van der Waals surface area (Å²) in [5, 5.41) is 2.42. The van der Waals surface area contributed by atoms with Crippen LogP contribution in [0, 0.1) is 0 Å². The molecule has 0 spiro atoms. The molecule has 0 atom stereocenters. The Kier molecular flexibility index (Phi) is 2.35. The maximum absolute atomic E-state index is 4.23. The highest BCUT2D eigenvalue weighted by Crippen LogP contribution is 2.19. The van der Waals surface area contributed by atoms with E-state index >= 15 is 0 Å². The van der Waals surface area contributed by atoms with Gasteiger partial charge in [-0.1, -0.05) is 30.3 Å². The van der Waals surface area contributed by atoms with E-state index in [0.29, 0.717) is 5.82 Å². The van der Waals surface area contributed by atoms with Crippen molar-refractivity contribution in [1.29, 1.82) is 0 Å². The standard InChI is InChI=1S/C15H11N5/c1-2-4-12-7-13(6-5-11(12)3-1)19-20-8-14-15(18-10-20)17-9-16-14/h1-10,19H. The normalized spacial score (nSPS) is 11.0. The Bertz CT molecular complexity index is 852. The molecule has 0 saturated carbocycles. The highest BCUT2D eigenvalue weighted by molar-refractivity contribution is 5.85. The largest absolute Gasteiger partial charge is 0.293 e. The molecule has 0 bridgehead atoms. The SMILES string of the molecule is c1ccc2cc(Nn3cnc4ncnc-4c3)ccc2c1. The minimum Gasteiger partial charge on any atom is -0.293 e. The summed E-state index contributed by atoms with van der Waals surface area (Å²) in [6, 6.07) is 14.5. The molecular formula is C15H11N5. The summed E-state index contributed by atoms with van der Waals surface area (Å²) in [5.41, 5.74) is 5.02. The number of nitrogens with zero attached hydrogens (tertiary/aromatic N) is 4. The third-order valence-corrected chi connectivity index (χ3v) is 3.18. The first-order valence-electron chi connectivity index (χ1n) is 6.29. The quantitative estimate of drug-likeness (QED) is 0.603. The number of hydrogen-bond donors (Lipinski definition) is 1. The highest BCUT2D eigenvalue weighted by atomic mass is 15.4. The molecule has 2 heterocycles. The average molecular weight is 261 g/mol. The van der Waals surface area contributed by atoms with Gasteiger partial charge in [0.2, 0.25) is 0 Å². The second-order valence-electron chi connectivity index (χ2n) is 4.54. The van der Waals surface area contributed by atoms with Gasteiger partial charge in [0.25, 0.3) is 0 Å². The maximum atomic E-state index is 4.23. The minimum absolute atomic E-state index is 0.654. The van der Waals surface area contributed by atoms with Crippen LogP contribution in [-0.2, 0) is 0 Å². The van der Waals surface area contributed by atoms with Gasteiger partial charge in [0.1, 0.15) is 18.3 Å². The predicted molar refractivity (Wildman–Crippen MR) is 77.4 cm³/mol. The van der Waals surface area contributed by atoms with Gasteiger partial charge < -0.3 is 0 Å². The minimum atomic E-state index is 0.654. The zero-order valence-electron chi connectivity index (χ0n) is 10.6. The number of aromatic nitrogens is 4. The van der Waals surface area contributed by atoms with Crippen molar-refractivity contribution in [3.8, 4) is 11.5 Å². The van der Waals surface area contributed by atoms with Crippen LogP contribution in [0.25, 0.3) is 22.3 Å². The van der Waals surface area contributed by atoms with Crippen LogP contribution in [0.5, 0.6) is 0 Å². The lowest BCUT2D eigenvalue weighted by molar-refractivity contribution is 0.894. The summed E-state index contributed by atoms with van der Waals surface area (Å²) >= 11 is 0. The van der Waals surface area contributed by atoms with Crippen LogP contribution >= 0.6 is 0 Å². The number of fused-ring (bicyclic) bond motifs is 2. The summed E-state index contributed by atoms with van der Waals surface area (Å²) in [7, 11) is 0. The van der Waals surface area contributed by atoms with E-state index < -0.39 is 0 Å². The van der Waals surface area contributed by atoms with Gasteiger partial charge in [-0.2, -0.15) is 0 Å². The maximum Gasteiger partial charge on any atom is 0.182 e. The smallest absolute Gasteiger partial charge is 0.182 e. The predicted octanol–water partition coefficient (Wildman–Crippen LogP) is 2.81. The fourth-order valence-electron chi connectivity index (χ4n) is 2.21. The van der Waals surface area contributed by atoms with Crippen LogP contribution in [0.3, 0.4) is 0 Å². The van der Waals surface area contributed by atoms with Gasteiger partial charge in [0.05, 0.1) is 11.9 Å². The first-order chi connectivity index (χ1) is 9.88. The lowest BCUT2D eigenvalue weighted by atomic mass is 10.1. The van der Waals surface area contributed by atoms with Crippen LogP contribution in [0.2, 0.25) is 0 Å². The third kappa shape index (κ3) is 1.85. The Morgan fingerprint density at radius 2 is 1.80 bits per heavy atom. The molecule has 4 rings (SSSR count). The van der Waals surface area contributed by atoms with Crippen LogP contribution in [-0.4, -0.2) is 19.6 Å². The fourth-order valence-corrected chi connectivity index (χ4v) is 2.21. The van der Waals surface area contributed by atoms with Crippen LogP contribution in [0.4, 0.5) is 5.69 Å². The zero-order valence-corrected chi connectivity index (χ0v) is 10.6. The van der Waals surface area contributed by atoms with Crippen molar-refractivity contribution in [2.75, 3.05) is 5.43 Å². The van der Waals surface area contributed by atoms with E-state index in [2.05, 4.69) is 44.6 Å². The summed E-state index contributed by atoms with van der Waals surface area (Å²) in [6.45, 7) is 0. The molecule has 96 valence electrons. The molecule has 0 radical (unpaired) electrons. The van der Waals surface area contributed by atoms with Crippen molar-refractivity contribution in [3.63, 3.8) is 0 Å². The molecule has 2 aliphatic rings. The number of benzene rings is 2. The molecule has 20 heavy (non-hydrogen) atoms. The van der Waals surface area contributed by atoms with E-state index in [4.69, 9.17) is 0 Å². The Hall–Kier alpha value is -2.95. The number of nitrogens with one attached hydrogen (secondary N) is 1. The van der Waals surface area contributed by atoms with E-state index in [-0.39, 0.29) is 0 Å². The lowest BCUT2D eigenvalue weighted by Crippen LogP contribution is -2.10. The van der Waals surface area contributed by atoms with Gasteiger partial charge in [-0.3, -0.25) is 5.43 Å². The van der Waals surface area contributed by atoms with E-state index in [0.717, 1.165) is 11.4 Å². The third-order valence-electron chi connectivity index (χ3n) is 3.18. The molecule has 2 aromatic carbocycles. The van der Waals surface area contributed by atoms with Crippen LogP contribution < -0.4 is 5.43 Å². The molecule has 0 amide bonds. The summed E-state index contributed by atoms with van der Waals surface area (Å²) in [5.74, 6) is 0.654.